The molecule has 1 atom stereocenters. The molecule has 1 fully saturated rings. The summed E-state index contributed by atoms with van der Waals surface area (Å²) in [5.74, 6) is 1.42. The minimum atomic E-state index is -0.0482. The zero-order chi connectivity index (χ0) is 15.1. The Labute approximate surface area is 127 Å². The average molecular weight is 293 g/mol. The second-order valence-electron chi connectivity index (χ2n) is 5.70. The summed E-state index contributed by atoms with van der Waals surface area (Å²) in [7, 11) is 3.26. The van der Waals surface area contributed by atoms with Gasteiger partial charge in [-0.25, -0.2) is 0 Å². The molecule has 0 amide bonds. The van der Waals surface area contributed by atoms with Crippen molar-refractivity contribution in [2.45, 2.75) is 50.6 Å². The maximum absolute atomic E-state index is 9.74. The summed E-state index contributed by atoms with van der Waals surface area (Å²) < 4.78 is 10.6. The summed E-state index contributed by atoms with van der Waals surface area (Å²) in [6, 6.07) is 6.28. The molecule has 1 aliphatic rings. The molecule has 118 valence electrons. The van der Waals surface area contributed by atoms with Gasteiger partial charge < -0.3 is 19.9 Å². The van der Waals surface area contributed by atoms with E-state index in [-0.39, 0.29) is 12.6 Å². The first-order valence-corrected chi connectivity index (χ1v) is 7.87. The topological polar surface area (TPSA) is 50.7 Å². The maximum Gasteiger partial charge on any atom is 0.161 e. The molecule has 1 aromatic rings. The van der Waals surface area contributed by atoms with E-state index in [0.29, 0.717) is 17.5 Å². The van der Waals surface area contributed by atoms with E-state index in [9.17, 15) is 5.11 Å². The number of benzene rings is 1. The van der Waals surface area contributed by atoms with E-state index < -0.39 is 0 Å². The molecule has 1 aromatic carbocycles. The smallest absolute Gasteiger partial charge is 0.161 e. The van der Waals surface area contributed by atoms with Crippen molar-refractivity contribution in [2.75, 3.05) is 20.8 Å². The standard InChI is InChI=1S/C17H27NO3/c1-20-16-10-9-13(11-17(16)21-2)15(12-19)18-14-7-5-3-4-6-8-14/h9-11,14-15,18-19H,3-8,12H2,1-2H3. The molecular formula is C17H27NO3. The number of aliphatic hydroxyl groups excluding tert-OH is 1. The number of ether oxygens (including phenoxy) is 2. The zero-order valence-electron chi connectivity index (χ0n) is 13.1. The molecule has 0 bridgehead atoms. The van der Waals surface area contributed by atoms with Crippen molar-refractivity contribution in [1.29, 1.82) is 0 Å². The van der Waals surface area contributed by atoms with Crippen LogP contribution in [0.4, 0.5) is 0 Å². The van der Waals surface area contributed by atoms with E-state index in [1.807, 2.05) is 18.2 Å². The Balaban J connectivity index is 2.09. The van der Waals surface area contributed by atoms with Crippen molar-refractivity contribution < 1.29 is 14.6 Å². The first-order valence-electron chi connectivity index (χ1n) is 7.87. The molecule has 0 aliphatic heterocycles. The molecular weight excluding hydrogens is 266 g/mol. The fourth-order valence-corrected chi connectivity index (χ4v) is 3.05. The van der Waals surface area contributed by atoms with Gasteiger partial charge in [-0.1, -0.05) is 31.7 Å². The summed E-state index contributed by atoms with van der Waals surface area (Å²) in [5, 5.41) is 13.3. The lowest BCUT2D eigenvalue weighted by molar-refractivity contribution is 0.228. The highest BCUT2D eigenvalue weighted by Crippen LogP contribution is 2.30. The van der Waals surface area contributed by atoms with Gasteiger partial charge in [-0.05, 0) is 30.5 Å². The van der Waals surface area contributed by atoms with Crippen LogP contribution in [-0.4, -0.2) is 32.0 Å². The molecule has 0 radical (unpaired) electrons. The summed E-state index contributed by atoms with van der Waals surface area (Å²) >= 11 is 0. The van der Waals surface area contributed by atoms with Gasteiger partial charge >= 0.3 is 0 Å². The monoisotopic (exact) mass is 293 g/mol. The Morgan fingerprint density at radius 3 is 2.33 bits per heavy atom. The summed E-state index contributed by atoms with van der Waals surface area (Å²) in [5.41, 5.74) is 1.04. The predicted octanol–water partition coefficient (Wildman–Crippen LogP) is 3.05. The molecule has 2 N–H and O–H groups in total. The Morgan fingerprint density at radius 2 is 1.76 bits per heavy atom. The number of aliphatic hydroxyl groups is 1. The van der Waals surface area contributed by atoms with Crippen LogP contribution in [0, 0.1) is 0 Å². The van der Waals surface area contributed by atoms with Gasteiger partial charge in [-0.2, -0.15) is 0 Å². The van der Waals surface area contributed by atoms with Crippen molar-refractivity contribution >= 4 is 0 Å². The lowest BCUT2D eigenvalue weighted by Crippen LogP contribution is -2.34. The third-order valence-electron chi connectivity index (χ3n) is 4.28. The Bertz CT molecular complexity index is 428. The Morgan fingerprint density at radius 1 is 1.10 bits per heavy atom. The van der Waals surface area contributed by atoms with Crippen LogP contribution in [0.5, 0.6) is 11.5 Å². The van der Waals surface area contributed by atoms with E-state index >= 15 is 0 Å². The summed E-state index contributed by atoms with van der Waals surface area (Å²) in [6.07, 6.45) is 7.62. The first-order chi connectivity index (χ1) is 10.3. The largest absolute Gasteiger partial charge is 0.493 e. The van der Waals surface area contributed by atoms with Crippen LogP contribution >= 0.6 is 0 Å². The predicted molar refractivity (Wildman–Crippen MR) is 84.0 cm³/mol. The molecule has 0 spiro atoms. The third-order valence-corrected chi connectivity index (χ3v) is 4.28. The molecule has 1 saturated carbocycles. The molecule has 2 rings (SSSR count). The Kier molecular flexibility index (Phi) is 6.33. The molecule has 0 aromatic heterocycles. The van der Waals surface area contributed by atoms with Gasteiger partial charge in [-0.15, -0.1) is 0 Å². The van der Waals surface area contributed by atoms with E-state index in [4.69, 9.17) is 9.47 Å². The normalized spacial score (nSPS) is 18.0. The molecule has 0 saturated heterocycles. The van der Waals surface area contributed by atoms with Crippen molar-refractivity contribution in [3.05, 3.63) is 23.8 Å². The van der Waals surface area contributed by atoms with Crippen molar-refractivity contribution in [3.63, 3.8) is 0 Å². The minimum absolute atomic E-state index is 0.0482. The van der Waals surface area contributed by atoms with E-state index in [0.717, 1.165) is 5.56 Å². The fourth-order valence-electron chi connectivity index (χ4n) is 3.05. The molecule has 4 nitrogen and oxygen atoms in total. The summed E-state index contributed by atoms with van der Waals surface area (Å²) in [4.78, 5) is 0. The maximum atomic E-state index is 9.74. The van der Waals surface area contributed by atoms with Crippen LogP contribution in [0.3, 0.4) is 0 Å². The van der Waals surface area contributed by atoms with Gasteiger partial charge in [0, 0.05) is 6.04 Å². The number of nitrogens with one attached hydrogen (secondary N) is 1. The van der Waals surface area contributed by atoms with Crippen LogP contribution in [-0.2, 0) is 0 Å². The van der Waals surface area contributed by atoms with E-state index in [1.165, 1.54) is 38.5 Å². The molecule has 1 unspecified atom stereocenters. The Hall–Kier alpha value is -1.26. The van der Waals surface area contributed by atoms with E-state index in [1.54, 1.807) is 14.2 Å². The van der Waals surface area contributed by atoms with Gasteiger partial charge in [0.1, 0.15) is 0 Å². The first kappa shape index (κ1) is 16.1. The molecule has 1 aliphatic carbocycles. The number of rotatable bonds is 6. The van der Waals surface area contributed by atoms with Crippen molar-refractivity contribution in [1.82, 2.24) is 5.32 Å². The van der Waals surface area contributed by atoms with Crippen LogP contribution < -0.4 is 14.8 Å². The number of methoxy groups -OCH3 is 2. The van der Waals surface area contributed by atoms with Gasteiger partial charge in [0.25, 0.3) is 0 Å². The second kappa shape index (κ2) is 8.25. The number of hydrogen-bond acceptors (Lipinski definition) is 4. The van der Waals surface area contributed by atoms with Gasteiger partial charge in [0.05, 0.1) is 26.9 Å². The van der Waals surface area contributed by atoms with Gasteiger partial charge in [-0.3, -0.25) is 0 Å². The van der Waals surface area contributed by atoms with Crippen LogP contribution in [0.2, 0.25) is 0 Å². The van der Waals surface area contributed by atoms with Crippen molar-refractivity contribution in [3.8, 4) is 11.5 Å². The highest BCUT2D eigenvalue weighted by atomic mass is 16.5. The zero-order valence-corrected chi connectivity index (χ0v) is 13.1. The lowest BCUT2D eigenvalue weighted by atomic mass is 10.0. The highest BCUT2D eigenvalue weighted by molar-refractivity contribution is 5.43. The van der Waals surface area contributed by atoms with Crippen LogP contribution in [0.25, 0.3) is 0 Å². The summed E-state index contributed by atoms with van der Waals surface area (Å²) in [6.45, 7) is 0.0893. The second-order valence-corrected chi connectivity index (χ2v) is 5.70. The lowest BCUT2D eigenvalue weighted by Gasteiger charge is -2.24. The SMILES string of the molecule is COc1ccc(C(CO)NC2CCCCCC2)cc1OC. The number of hydrogen-bond donors (Lipinski definition) is 2. The minimum Gasteiger partial charge on any atom is -0.493 e. The van der Waals surface area contributed by atoms with Crippen molar-refractivity contribution in [2.24, 2.45) is 0 Å². The third kappa shape index (κ3) is 4.35. The fraction of sp³-hybridized carbons (Fsp3) is 0.647. The quantitative estimate of drug-likeness (QED) is 0.792. The average Bonchev–Trinajstić information content (AvgIpc) is 2.80. The highest BCUT2D eigenvalue weighted by Gasteiger charge is 2.19. The van der Waals surface area contributed by atoms with Crippen LogP contribution in [0.15, 0.2) is 18.2 Å². The van der Waals surface area contributed by atoms with Gasteiger partial charge in [0.15, 0.2) is 11.5 Å². The van der Waals surface area contributed by atoms with E-state index in [2.05, 4.69) is 5.32 Å². The molecule has 21 heavy (non-hydrogen) atoms. The van der Waals surface area contributed by atoms with Crippen LogP contribution in [0.1, 0.15) is 50.1 Å². The molecule has 4 heteroatoms. The van der Waals surface area contributed by atoms with Gasteiger partial charge in [0.2, 0.25) is 0 Å². The molecule has 0 heterocycles.